The predicted molar refractivity (Wildman–Crippen MR) is 92.5 cm³/mol. The topological polar surface area (TPSA) is 60.1 Å². The number of anilines is 1. The van der Waals surface area contributed by atoms with Gasteiger partial charge in [-0.3, -0.25) is 0 Å². The fourth-order valence-electron chi connectivity index (χ4n) is 2.40. The minimum absolute atomic E-state index is 0.699. The lowest BCUT2D eigenvalue weighted by molar-refractivity contribution is -0.858. The number of nitrogens with one attached hydrogen (secondary N) is 2. The molecule has 3 aromatic rings. The second kappa shape index (κ2) is 6.93. The highest BCUT2D eigenvalue weighted by Crippen LogP contribution is 2.22. The summed E-state index contributed by atoms with van der Waals surface area (Å²) in [6, 6.07) is 7.52. The molecule has 0 spiro atoms. The van der Waals surface area contributed by atoms with Gasteiger partial charge in [0.25, 0.3) is 0 Å². The van der Waals surface area contributed by atoms with Crippen LogP contribution in [0.3, 0.4) is 0 Å². The molecule has 0 radical (unpaired) electrons. The summed E-state index contributed by atoms with van der Waals surface area (Å²) in [5.74, 6) is 0.823. The van der Waals surface area contributed by atoms with Gasteiger partial charge in [0.1, 0.15) is 12.1 Å². The maximum Gasteiger partial charge on any atom is 0.168 e. The molecule has 0 aliphatic rings. The van der Waals surface area contributed by atoms with E-state index in [1.54, 1.807) is 17.2 Å². The van der Waals surface area contributed by atoms with Crippen LogP contribution in [-0.2, 0) is 0 Å². The molecule has 0 saturated carbocycles. The Morgan fingerprint density at radius 1 is 1.17 bits per heavy atom. The molecule has 23 heavy (non-hydrogen) atoms. The molecule has 1 aromatic carbocycles. The zero-order valence-corrected chi connectivity index (χ0v) is 14.0. The molecule has 2 aromatic heterocycles. The van der Waals surface area contributed by atoms with Crippen molar-refractivity contribution in [3.05, 3.63) is 41.8 Å². The molecular formula is C16H20ClN6+. The van der Waals surface area contributed by atoms with Crippen LogP contribution >= 0.6 is 11.6 Å². The minimum atomic E-state index is 0.699. The van der Waals surface area contributed by atoms with Gasteiger partial charge in [-0.15, -0.1) is 0 Å². The van der Waals surface area contributed by atoms with Gasteiger partial charge in [-0.2, -0.15) is 5.10 Å². The summed E-state index contributed by atoms with van der Waals surface area (Å²) in [4.78, 5) is 10.2. The maximum absolute atomic E-state index is 5.94. The summed E-state index contributed by atoms with van der Waals surface area (Å²) >= 11 is 5.94. The van der Waals surface area contributed by atoms with E-state index >= 15 is 0 Å². The Kier molecular flexibility index (Phi) is 4.73. The number of nitrogens with zero attached hydrogens (tertiary/aromatic N) is 4. The van der Waals surface area contributed by atoms with Crippen LogP contribution < -0.4 is 10.2 Å². The molecule has 0 fully saturated rings. The number of halogens is 1. The van der Waals surface area contributed by atoms with Crippen LogP contribution in [0.25, 0.3) is 16.7 Å². The zero-order valence-electron chi connectivity index (χ0n) is 13.3. The van der Waals surface area contributed by atoms with Crippen LogP contribution in [0.2, 0.25) is 5.02 Å². The lowest BCUT2D eigenvalue weighted by Crippen LogP contribution is -3.05. The summed E-state index contributed by atoms with van der Waals surface area (Å²) in [7, 11) is 4.30. The first-order valence-electron chi connectivity index (χ1n) is 7.63. The Balaban J connectivity index is 1.84. The lowest BCUT2D eigenvalue weighted by atomic mass is 10.3. The number of fused-ring (bicyclic) bond motifs is 1. The number of aromatic nitrogens is 4. The maximum atomic E-state index is 5.94. The SMILES string of the molecule is C[NH+](C)CCCNc1ncnc2c1cnn2-c1ccc(Cl)cc1. The second-order valence-electron chi connectivity index (χ2n) is 5.73. The number of benzene rings is 1. The molecule has 0 atom stereocenters. The van der Waals surface area contributed by atoms with Crippen LogP contribution in [0.4, 0.5) is 5.82 Å². The molecule has 0 unspecified atom stereocenters. The van der Waals surface area contributed by atoms with Gasteiger partial charge in [-0.25, -0.2) is 14.6 Å². The molecule has 7 heteroatoms. The number of quaternary nitrogens is 1. The molecule has 2 N–H and O–H groups in total. The summed E-state index contributed by atoms with van der Waals surface area (Å²) in [6.07, 6.45) is 4.44. The van der Waals surface area contributed by atoms with Crippen LogP contribution in [0.5, 0.6) is 0 Å². The van der Waals surface area contributed by atoms with E-state index in [0.717, 1.165) is 42.0 Å². The van der Waals surface area contributed by atoms with Crippen LogP contribution in [0.15, 0.2) is 36.8 Å². The molecule has 6 nitrogen and oxygen atoms in total. The Morgan fingerprint density at radius 2 is 1.96 bits per heavy atom. The highest BCUT2D eigenvalue weighted by molar-refractivity contribution is 6.30. The molecule has 0 aliphatic carbocycles. The smallest absolute Gasteiger partial charge is 0.168 e. The van der Waals surface area contributed by atoms with Crippen LogP contribution in [0, 0.1) is 0 Å². The Morgan fingerprint density at radius 3 is 2.70 bits per heavy atom. The van der Waals surface area contributed by atoms with E-state index in [4.69, 9.17) is 11.6 Å². The number of hydrogen-bond acceptors (Lipinski definition) is 4. The summed E-state index contributed by atoms with van der Waals surface area (Å²) < 4.78 is 1.79. The van der Waals surface area contributed by atoms with Crippen molar-refractivity contribution >= 4 is 28.5 Å². The summed E-state index contributed by atoms with van der Waals surface area (Å²) in [5, 5.41) is 9.43. The molecule has 120 valence electrons. The van der Waals surface area contributed by atoms with Crippen molar-refractivity contribution < 1.29 is 4.90 Å². The van der Waals surface area contributed by atoms with E-state index in [1.807, 2.05) is 24.3 Å². The summed E-state index contributed by atoms with van der Waals surface area (Å²) in [6.45, 7) is 1.99. The normalized spacial score (nSPS) is 11.3. The van der Waals surface area contributed by atoms with Gasteiger partial charge in [0.2, 0.25) is 0 Å². The van der Waals surface area contributed by atoms with Gasteiger partial charge in [-0.1, -0.05) is 11.6 Å². The average molecular weight is 332 g/mol. The van der Waals surface area contributed by atoms with Crippen molar-refractivity contribution in [3.63, 3.8) is 0 Å². The highest BCUT2D eigenvalue weighted by Gasteiger charge is 2.10. The zero-order chi connectivity index (χ0) is 16.2. The fraction of sp³-hybridized carbons (Fsp3) is 0.312. The molecule has 0 amide bonds. The first kappa shape index (κ1) is 15.7. The van der Waals surface area contributed by atoms with Crippen molar-refractivity contribution in [2.24, 2.45) is 0 Å². The minimum Gasteiger partial charge on any atom is -0.369 e. The molecule has 3 rings (SSSR count). The Bertz CT molecular complexity index is 781. The monoisotopic (exact) mass is 331 g/mol. The molecule has 0 bridgehead atoms. The van der Waals surface area contributed by atoms with Crippen molar-refractivity contribution in [2.45, 2.75) is 6.42 Å². The van der Waals surface area contributed by atoms with E-state index in [0.29, 0.717) is 5.02 Å². The van der Waals surface area contributed by atoms with Gasteiger partial charge in [-0.05, 0) is 24.3 Å². The van der Waals surface area contributed by atoms with Crippen molar-refractivity contribution in [3.8, 4) is 5.69 Å². The quantitative estimate of drug-likeness (QED) is 0.671. The summed E-state index contributed by atoms with van der Waals surface area (Å²) in [5.41, 5.74) is 1.70. The van der Waals surface area contributed by atoms with Crippen molar-refractivity contribution in [1.82, 2.24) is 19.7 Å². The van der Waals surface area contributed by atoms with Crippen LogP contribution in [-0.4, -0.2) is 46.9 Å². The third-order valence-electron chi connectivity index (χ3n) is 3.58. The molecular weight excluding hydrogens is 312 g/mol. The lowest BCUT2D eigenvalue weighted by Gasteiger charge is -2.09. The van der Waals surface area contributed by atoms with E-state index in [-0.39, 0.29) is 0 Å². The van der Waals surface area contributed by atoms with Gasteiger partial charge in [0.15, 0.2) is 5.65 Å². The van der Waals surface area contributed by atoms with E-state index in [9.17, 15) is 0 Å². The number of hydrogen-bond donors (Lipinski definition) is 2. The van der Waals surface area contributed by atoms with Gasteiger partial charge < -0.3 is 10.2 Å². The average Bonchev–Trinajstić information content (AvgIpc) is 2.97. The largest absolute Gasteiger partial charge is 0.369 e. The molecule has 0 saturated heterocycles. The van der Waals surface area contributed by atoms with E-state index < -0.39 is 0 Å². The molecule has 2 heterocycles. The predicted octanol–water partition coefficient (Wildman–Crippen LogP) is 1.42. The van der Waals surface area contributed by atoms with Crippen LogP contribution in [0.1, 0.15) is 6.42 Å². The van der Waals surface area contributed by atoms with Gasteiger partial charge in [0.05, 0.1) is 37.9 Å². The first-order chi connectivity index (χ1) is 11.1. The third kappa shape index (κ3) is 3.60. The van der Waals surface area contributed by atoms with E-state index in [2.05, 4.69) is 34.5 Å². The standard InChI is InChI=1S/C16H19ClN6/c1-22(2)9-3-8-18-15-14-10-21-23(16(14)20-11-19-15)13-6-4-12(17)5-7-13/h4-7,10-11H,3,8-9H2,1-2H3,(H,18,19,20)/p+1. The van der Waals surface area contributed by atoms with Gasteiger partial charge >= 0.3 is 0 Å². The van der Waals surface area contributed by atoms with E-state index in [1.165, 1.54) is 4.90 Å². The highest BCUT2D eigenvalue weighted by atomic mass is 35.5. The Labute approximate surface area is 140 Å². The van der Waals surface area contributed by atoms with Gasteiger partial charge in [0, 0.05) is 18.0 Å². The third-order valence-corrected chi connectivity index (χ3v) is 3.83. The second-order valence-corrected chi connectivity index (χ2v) is 6.17. The van der Waals surface area contributed by atoms with Crippen molar-refractivity contribution in [2.75, 3.05) is 32.5 Å². The van der Waals surface area contributed by atoms with Crippen molar-refractivity contribution in [1.29, 1.82) is 0 Å². The molecule has 0 aliphatic heterocycles. The Hall–Kier alpha value is -2.18. The number of rotatable bonds is 6. The first-order valence-corrected chi connectivity index (χ1v) is 8.00. The fourth-order valence-corrected chi connectivity index (χ4v) is 2.53.